The lowest BCUT2D eigenvalue weighted by Gasteiger charge is -2.38. The van der Waals surface area contributed by atoms with Crippen molar-refractivity contribution < 1.29 is 28.2 Å². The second kappa shape index (κ2) is 9.34. The lowest BCUT2D eigenvalue weighted by atomic mass is 9.96. The number of nitrogens with one attached hydrogen (secondary N) is 1. The number of alkyl halides is 1. The Morgan fingerprint density at radius 1 is 1.27 bits per heavy atom. The number of anilines is 3. The molecule has 2 aliphatic heterocycles. The number of fused-ring (bicyclic) bond motifs is 2. The smallest absolute Gasteiger partial charge is 0.413 e. The molecule has 0 radical (unpaired) electrons. The SMILES string of the molecule is CC(=O)N1CC[C@H](N(C(=O)O)c2cc3cc(-c4cnc5c(c4C)NCCO5)c(F)c(N)c3cn2)[C@H](F)C1. The molecular formula is C25H26F2N6O4. The molecule has 3 aromatic rings. The number of amides is 2. The highest BCUT2D eigenvalue weighted by Crippen LogP contribution is 2.40. The van der Waals surface area contributed by atoms with Crippen molar-refractivity contribution in [3.8, 4) is 17.0 Å². The number of halogens is 2. The highest BCUT2D eigenvalue weighted by Gasteiger charge is 2.38. The molecule has 10 nitrogen and oxygen atoms in total. The van der Waals surface area contributed by atoms with Crippen molar-refractivity contribution in [1.82, 2.24) is 14.9 Å². The van der Waals surface area contributed by atoms with Gasteiger partial charge in [0.1, 0.15) is 24.3 Å². The van der Waals surface area contributed by atoms with E-state index < -0.39 is 24.1 Å². The number of aromatic nitrogens is 2. The van der Waals surface area contributed by atoms with E-state index in [4.69, 9.17) is 10.5 Å². The third-order valence-electron chi connectivity index (χ3n) is 6.96. The van der Waals surface area contributed by atoms with Gasteiger partial charge in [-0.3, -0.25) is 9.69 Å². The number of nitrogens with two attached hydrogens (primary N) is 1. The second-order valence-electron chi connectivity index (χ2n) is 9.16. The normalized spacial score (nSPS) is 19.1. The van der Waals surface area contributed by atoms with Gasteiger partial charge in [0.15, 0.2) is 5.82 Å². The number of carboxylic acid groups (broad SMARTS) is 1. The van der Waals surface area contributed by atoms with E-state index in [1.54, 1.807) is 6.07 Å². The Balaban J connectivity index is 1.58. The van der Waals surface area contributed by atoms with Crippen molar-refractivity contribution in [2.24, 2.45) is 0 Å². The molecule has 37 heavy (non-hydrogen) atoms. The lowest BCUT2D eigenvalue weighted by Crippen LogP contribution is -2.55. The number of piperidine rings is 1. The van der Waals surface area contributed by atoms with Crippen LogP contribution in [0.1, 0.15) is 18.9 Å². The second-order valence-corrected chi connectivity index (χ2v) is 9.16. The number of nitrogens with zero attached hydrogens (tertiary/aromatic N) is 4. The Morgan fingerprint density at radius 2 is 2.05 bits per heavy atom. The average Bonchev–Trinajstić information content (AvgIpc) is 2.87. The summed E-state index contributed by atoms with van der Waals surface area (Å²) in [4.78, 5) is 34.6. The Hall–Kier alpha value is -4.22. The first kappa shape index (κ1) is 24.5. The number of pyridine rings is 2. The van der Waals surface area contributed by atoms with Gasteiger partial charge in [-0.2, -0.15) is 0 Å². The summed E-state index contributed by atoms with van der Waals surface area (Å²) in [7, 11) is 0. The molecule has 194 valence electrons. The number of carbonyl (C=O) groups is 2. The summed E-state index contributed by atoms with van der Waals surface area (Å²) in [5.74, 6) is -0.511. The molecule has 1 aromatic carbocycles. The van der Waals surface area contributed by atoms with Gasteiger partial charge < -0.3 is 25.8 Å². The van der Waals surface area contributed by atoms with Crippen LogP contribution in [0.4, 0.5) is 30.8 Å². The summed E-state index contributed by atoms with van der Waals surface area (Å²) >= 11 is 0. The number of hydrogen-bond donors (Lipinski definition) is 3. The maximum absolute atomic E-state index is 15.4. The summed E-state index contributed by atoms with van der Waals surface area (Å²) in [6, 6.07) is 1.97. The molecule has 0 aliphatic carbocycles. The quantitative estimate of drug-likeness (QED) is 0.454. The van der Waals surface area contributed by atoms with Gasteiger partial charge in [0.25, 0.3) is 0 Å². The van der Waals surface area contributed by atoms with Crippen LogP contribution in [0.5, 0.6) is 5.88 Å². The molecule has 1 fully saturated rings. The first-order chi connectivity index (χ1) is 17.7. The summed E-state index contributed by atoms with van der Waals surface area (Å²) in [5.41, 5.74) is 8.06. The fourth-order valence-electron chi connectivity index (χ4n) is 4.99. The largest absolute Gasteiger partial charge is 0.474 e. The number of nitrogen functional groups attached to an aromatic ring is 1. The molecular weight excluding hydrogens is 486 g/mol. The Morgan fingerprint density at radius 3 is 2.76 bits per heavy atom. The topological polar surface area (TPSA) is 134 Å². The molecule has 2 aromatic heterocycles. The van der Waals surface area contributed by atoms with Crippen LogP contribution in [0.2, 0.25) is 0 Å². The van der Waals surface area contributed by atoms with Crippen LogP contribution in [-0.2, 0) is 4.79 Å². The third kappa shape index (κ3) is 4.21. The van der Waals surface area contributed by atoms with Crippen molar-refractivity contribution >= 4 is 40.0 Å². The Labute approximate surface area is 211 Å². The number of rotatable bonds is 3. The maximum Gasteiger partial charge on any atom is 0.413 e. The molecule has 0 saturated carbocycles. The molecule has 2 atom stereocenters. The summed E-state index contributed by atoms with van der Waals surface area (Å²) < 4.78 is 36.0. The zero-order valence-electron chi connectivity index (χ0n) is 20.3. The molecule has 5 rings (SSSR count). The van der Waals surface area contributed by atoms with Crippen molar-refractivity contribution in [1.29, 1.82) is 0 Å². The molecule has 1 saturated heterocycles. The standard InChI is InChI=1S/C25H26F2N6O4/c1-12-16(9-31-24-23(12)29-4-6-37-24)15-7-14-8-20(30-10-17(14)22(28)21(15)27)33(25(35)36)19-3-5-32(13(2)34)11-18(19)26/h7-10,18-19,29H,3-6,11,28H2,1-2H3,(H,35,36)/t18-,19+/m1/s1. The summed E-state index contributed by atoms with van der Waals surface area (Å²) in [6.07, 6.45) is -0.0781. The van der Waals surface area contributed by atoms with Crippen LogP contribution in [0.15, 0.2) is 24.5 Å². The predicted octanol–water partition coefficient (Wildman–Crippen LogP) is 3.57. The average molecular weight is 513 g/mol. The highest BCUT2D eigenvalue weighted by molar-refractivity contribution is 6.00. The first-order valence-corrected chi connectivity index (χ1v) is 11.8. The zero-order valence-corrected chi connectivity index (χ0v) is 20.3. The highest BCUT2D eigenvalue weighted by atomic mass is 19.1. The zero-order chi connectivity index (χ0) is 26.4. The van der Waals surface area contributed by atoms with Crippen LogP contribution in [0, 0.1) is 12.7 Å². The van der Waals surface area contributed by atoms with Crippen LogP contribution in [0.3, 0.4) is 0 Å². The van der Waals surface area contributed by atoms with Crippen LogP contribution in [0.25, 0.3) is 21.9 Å². The van der Waals surface area contributed by atoms with E-state index in [9.17, 15) is 14.7 Å². The predicted molar refractivity (Wildman–Crippen MR) is 134 cm³/mol. The van der Waals surface area contributed by atoms with E-state index in [-0.39, 0.29) is 42.5 Å². The third-order valence-corrected chi connectivity index (χ3v) is 6.96. The number of hydrogen-bond acceptors (Lipinski definition) is 7. The van der Waals surface area contributed by atoms with Crippen molar-refractivity contribution in [3.05, 3.63) is 35.9 Å². The van der Waals surface area contributed by atoms with E-state index in [2.05, 4.69) is 15.3 Å². The molecule has 4 N–H and O–H groups in total. The molecule has 2 aliphatic rings. The van der Waals surface area contributed by atoms with Gasteiger partial charge in [0.2, 0.25) is 11.8 Å². The van der Waals surface area contributed by atoms with Crippen molar-refractivity contribution in [2.45, 2.75) is 32.5 Å². The number of likely N-dealkylation sites (tertiary alicyclic amines) is 1. The van der Waals surface area contributed by atoms with Crippen molar-refractivity contribution in [3.63, 3.8) is 0 Å². The van der Waals surface area contributed by atoms with E-state index in [1.165, 1.54) is 30.3 Å². The molecule has 12 heteroatoms. The van der Waals surface area contributed by atoms with Gasteiger partial charge >= 0.3 is 6.09 Å². The van der Waals surface area contributed by atoms with Gasteiger partial charge in [-0.25, -0.2) is 23.5 Å². The first-order valence-electron chi connectivity index (χ1n) is 11.8. The van der Waals surface area contributed by atoms with Gasteiger partial charge in [-0.1, -0.05) is 0 Å². The minimum atomic E-state index is -1.60. The Kier molecular flexibility index (Phi) is 6.18. The van der Waals surface area contributed by atoms with E-state index in [0.29, 0.717) is 41.1 Å². The number of ether oxygens (including phenoxy) is 1. The number of benzene rings is 1. The summed E-state index contributed by atoms with van der Waals surface area (Å²) in [6.45, 7) is 4.24. The van der Waals surface area contributed by atoms with Gasteiger partial charge in [0, 0.05) is 48.9 Å². The maximum atomic E-state index is 15.4. The van der Waals surface area contributed by atoms with Gasteiger partial charge in [-0.15, -0.1) is 0 Å². The van der Waals surface area contributed by atoms with E-state index >= 15 is 8.78 Å². The minimum Gasteiger partial charge on any atom is -0.474 e. The lowest BCUT2D eigenvalue weighted by molar-refractivity contribution is -0.131. The summed E-state index contributed by atoms with van der Waals surface area (Å²) in [5, 5.41) is 13.9. The fraction of sp³-hybridized carbons (Fsp3) is 0.360. The van der Waals surface area contributed by atoms with E-state index in [1.807, 2.05) is 6.92 Å². The molecule has 0 unspecified atom stereocenters. The van der Waals surface area contributed by atoms with Crippen LogP contribution >= 0.6 is 0 Å². The monoisotopic (exact) mass is 512 g/mol. The van der Waals surface area contributed by atoms with Gasteiger partial charge in [0.05, 0.1) is 18.3 Å². The van der Waals surface area contributed by atoms with Gasteiger partial charge in [-0.05, 0) is 36.4 Å². The molecule has 4 heterocycles. The fourth-order valence-corrected chi connectivity index (χ4v) is 4.99. The van der Waals surface area contributed by atoms with Crippen LogP contribution < -0.4 is 20.7 Å². The van der Waals surface area contributed by atoms with Crippen molar-refractivity contribution in [2.75, 3.05) is 42.2 Å². The molecule has 0 spiro atoms. The van der Waals surface area contributed by atoms with Crippen LogP contribution in [-0.4, -0.2) is 70.4 Å². The number of carbonyl (C=O) groups excluding carboxylic acids is 1. The van der Waals surface area contributed by atoms with E-state index in [0.717, 1.165) is 10.5 Å². The minimum absolute atomic E-state index is 0.0174. The molecule has 2 amide bonds. The molecule has 0 bridgehead atoms. The Bertz CT molecular complexity index is 1420.